The van der Waals surface area contributed by atoms with Gasteiger partial charge in [0.2, 0.25) is 5.96 Å². The highest BCUT2D eigenvalue weighted by molar-refractivity contribution is 7.12. The van der Waals surface area contributed by atoms with Crippen LogP contribution in [0.2, 0.25) is 10.0 Å². The molecule has 0 bridgehead atoms. The Morgan fingerprint density at radius 1 is 0.931 bits per heavy atom. The number of hydrogen-bond donors (Lipinski definition) is 1. The first-order chi connectivity index (χ1) is 14.0. The Hall–Kier alpha value is -3.00. The molecule has 0 spiro atoms. The SMILES string of the molecule is NC(=NN=Cc1ccc(Cl)cc1)N(N=Cc1ccc(Cl)cc1)C(=O)c1cccs1. The minimum absolute atomic E-state index is 0.168. The van der Waals surface area contributed by atoms with E-state index in [0.29, 0.717) is 14.9 Å². The number of halogens is 2. The first kappa shape index (κ1) is 20.7. The van der Waals surface area contributed by atoms with Crippen LogP contribution in [0.15, 0.2) is 81.3 Å². The topological polar surface area (TPSA) is 83.4 Å². The van der Waals surface area contributed by atoms with Gasteiger partial charge in [-0.2, -0.15) is 15.2 Å². The highest BCUT2D eigenvalue weighted by Gasteiger charge is 2.19. The summed E-state index contributed by atoms with van der Waals surface area (Å²) in [6.45, 7) is 0. The van der Waals surface area contributed by atoms with E-state index in [9.17, 15) is 4.79 Å². The van der Waals surface area contributed by atoms with Gasteiger partial charge in [0, 0.05) is 10.0 Å². The number of carbonyl (C=O) groups excluding carboxylic acids is 1. The van der Waals surface area contributed by atoms with Crippen molar-refractivity contribution in [2.45, 2.75) is 0 Å². The van der Waals surface area contributed by atoms with Crippen molar-refractivity contribution in [2.24, 2.45) is 21.0 Å². The van der Waals surface area contributed by atoms with E-state index < -0.39 is 5.91 Å². The smallest absolute Gasteiger partial charge is 0.291 e. The fourth-order valence-corrected chi connectivity index (χ4v) is 3.04. The van der Waals surface area contributed by atoms with Gasteiger partial charge in [-0.15, -0.1) is 16.4 Å². The maximum Gasteiger partial charge on any atom is 0.291 e. The van der Waals surface area contributed by atoms with E-state index in [1.54, 1.807) is 66.0 Å². The summed E-state index contributed by atoms with van der Waals surface area (Å²) in [5.41, 5.74) is 7.52. The average molecular weight is 444 g/mol. The minimum Gasteiger partial charge on any atom is -0.366 e. The molecule has 2 N–H and O–H groups in total. The molecule has 0 radical (unpaired) electrons. The number of hydrogen-bond acceptors (Lipinski definition) is 5. The molecule has 6 nitrogen and oxygen atoms in total. The van der Waals surface area contributed by atoms with Crippen molar-refractivity contribution in [3.8, 4) is 0 Å². The summed E-state index contributed by atoms with van der Waals surface area (Å²) in [6.07, 6.45) is 2.99. The van der Waals surface area contributed by atoms with Crippen LogP contribution in [0.1, 0.15) is 20.8 Å². The normalized spacial score (nSPS) is 12.0. The molecule has 0 unspecified atom stereocenters. The summed E-state index contributed by atoms with van der Waals surface area (Å²) in [7, 11) is 0. The van der Waals surface area contributed by atoms with Crippen molar-refractivity contribution < 1.29 is 4.79 Å². The molecule has 0 saturated heterocycles. The second-order valence-electron chi connectivity index (χ2n) is 5.64. The predicted molar refractivity (Wildman–Crippen MR) is 120 cm³/mol. The van der Waals surface area contributed by atoms with Crippen LogP contribution in [-0.4, -0.2) is 29.3 Å². The zero-order valence-electron chi connectivity index (χ0n) is 14.9. The Morgan fingerprint density at radius 3 is 2.07 bits per heavy atom. The minimum atomic E-state index is -0.409. The third-order valence-corrected chi connectivity index (χ3v) is 4.93. The van der Waals surface area contributed by atoms with E-state index in [1.165, 1.54) is 23.8 Å². The molecule has 29 heavy (non-hydrogen) atoms. The summed E-state index contributed by atoms with van der Waals surface area (Å²) in [4.78, 5) is 13.2. The molecule has 0 aliphatic rings. The van der Waals surface area contributed by atoms with Crippen LogP contribution >= 0.6 is 34.5 Å². The molecule has 1 amide bonds. The third kappa shape index (κ3) is 5.99. The Bertz CT molecular complexity index is 1050. The van der Waals surface area contributed by atoms with E-state index >= 15 is 0 Å². The molecule has 2 aromatic carbocycles. The summed E-state index contributed by atoms with van der Waals surface area (Å²) < 4.78 is 0. The lowest BCUT2D eigenvalue weighted by Crippen LogP contribution is -2.37. The lowest BCUT2D eigenvalue weighted by Gasteiger charge is -2.13. The van der Waals surface area contributed by atoms with Gasteiger partial charge < -0.3 is 5.73 Å². The number of nitrogens with zero attached hydrogens (tertiary/aromatic N) is 4. The second kappa shape index (κ2) is 9.97. The van der Waals surface area contributed by atoms with Gasteiger partial charge in [0.05, 0.1) is 17.3 Å². The number of carbonyl (C=O) groups is 1. The fourth-order valence-electron chi connectivity index (χ4n) is 2.14. The van der Waals surface area contributed by atoms with E-state index in [-0.39, 0.29) is 5.96 Å². The zero-order valence-corrected chi connectivity index (χ0v) is 17.3. The monoisotopic (exact) mass is 443 g/mol. The molecule has 0 fully saturated rings. The summed E-state index contributed by atoms with van der Waals surface area (Å²) >= 11 is 13.0. The molecule has 9 heteroatoms. The van der Waals surface area contributed by atoms with Gasteiger partial charge >= 0.3 is 0 Å². The Labute approximate surface area is 181 Å². The molecule has 146 valence electrons. The number of amides is 1. The van der Waals surface area contributed by atoms with Crippen LogP contribution in [0.4, 0.5) is 0 Å². The lowest BCUT2D eigenvalue weighted by atomic mass is 10.2. The average Bonchev–Trinajstić information content (AvgIpc) is 3.26. The summed E-state index contributed by atoms with van der Waals surface area (Å²) in [6, 6.07) is 17.5. The quantitative estimate of drug-likeness (QED) is 0.346. The number of nitrogens with two attached hydrogens (primary N) is 1. The van der Waals surface area contributed by atoms with Crippen molar-refractivity contribution >= 4 is 58.8 Å². The van der Waals surface area contributed by atoms with Crippen molar-refractivity contribution in [1.82, 2.24) is 5.01 Å². The largest absolute Gasteiger partial charge is 0.366 e. The predicted octanol–water partition coefficient (Wildman–Crippen LogP) is 4.88. The van der Waals surface area contributed by atoms with E-state index in [2.05, 4.69) is 15.3 Å². The Morgan fingerprint density at radius 2 is 1.52 bits per heavy atom. The van der Waals surface area contributed by atoms with Crippen LogP contribution in [0.3, 0.4) is 0 Å². The molecule has 0 aliphatic heterocycles. The van der Waals surface area contributed by atoms with Crippen LogP contribution in [0.5, 0.6) is 0 Å². The Kier molecular flexibility index (Phi) is 7.13. The number of rotatable bonds is 5. The molecular weight excluding hydrogens is 429 g/mol. The highest BCUT2D eigenvalue weighted by Crippen LogP contribution is 2.13. The number of guanidine groups is 1. The lowest BCUT2D eigenvalue weighted by molar-refractivity contribution is 0.0853. The molecule has 3 aromatic rings. The van der Waals surface area contributed by atoms with Crippen molar-refractivity contribution in [3.05, 3.63) is 92.1 Å². The van der Waals surface area contributed by atoms with Gasteiger partial charge in [0.1, 0.15) is 0 Å². The fraction of sp³-hybridized carbons (Fsp3) is 0. The molecular formula is C20H15Cl2N5OS. The van der Waals surface area contributed by atoms with Gasteiger partial charge in [-0.25, -0.2) is 0 Å². The maximum atomic E-state index is 12.8. The standard InChI is InChI=1S/C20H15Cl2N5OS/c21-16-7-3-14(4-8-16)12-24-26-20(23)27(19(28)18-2-1-11-29-18)25-13-15-5-9-17(22)10-6-15/h1-13H,(H2,23,26). The number of benzene rings is 2. The maximum absolute atomic E-state index is 12.8. The number of thiophene rings is 1. The van der Waals surface area contributed by atoms with Crippen LogP contribution in [-0.2, 0) is 0 Å². The first-order valence-corrected chi connectivity index (χ1v) is 9.96. The van der Waals surface area contributed by atoms with Gasteiger partial charge in [0.15, 0.2) is 0 Å². The third-order valence-electron chi connectivity index (χ3n) is 3.57. The van der Waals surface area contributed by atoms with E-state index in [0.717, 1.165) is 16.1 Å². The molecule has 0 aliphatic carbocycles. The van der Waals surface area contributed by atoms with Gasteiger partial charge in [-0.1, -0.05) is 53.5 Å². The van der Waals surface area contributed by atoms with Crippen LogP contribution in [0, 0.1) is 0 Å². The van der Waals surface area contributed by atoms with Crippen LogP contribution in [0.25, 0.3) is 0 Å². The summed E-state index contributed by atoms with van der Waals surface area (Å²) in [5.74, 6) is -0.577. The van der Waals surface area contributed by atoms with Crippen molar-refractivity contribution in [1.29, 1.82) is 0 Å². The first-order valence-electron chi connectivity index (χ1n) is 8.32. The van der Waals surface area contributed by atoms with Crippen molar-refractivity contribution in [3.63, 3.8) is 0 Å². The molecule has 1 aromatic heterocycles. The van der Waals surface area contributed by atoms with Gasteiger partial charge in [0.25, 0.3) is 5.91 Å². The molecule has 0 saturated carbocycles. The second-order valence-corrected chi connectivity index (χ2v) is 7.47. The van der Waals surface area contributed by atoms with Crippen LogP contribution < -0.4 is 5.73 Å². The highest BCUT2D eigenvalue weighted by atomic mass is 35.5. The molecule has 0 atom stereocenters. The van der Waals surface area contributed by atoms with Gasteiger partial charge in [-0.05, 0) is 46.8 Å². The Balaban J connectivity index is 1.83. The molecule has 3 rings (SSSR count). The van der Waals surface area contributed by atoms with E-state index in [4.69, 9.17) is 28.9 Å². The molecule has 1 heterocycles. The van der Waals surface area contributed by atoms with E-state index in [1.807, 2.05) is 0 Å². The number of hydrazone groups is 1. The zero-order chi connectivity index (χ0) is 20.6. The van der Waals surface area contributed by atoms with Crippen molar-refractivity contribution in [2.75, 3.05) is 0 Å². The van der Waals surface area contributed by atoms with Gasteiger partial charge in [-0.3, -0.25) is 4.79 Å². The summed E-state index contributed by atoms with van der Waals surface area (Å²) in [5, 5.41) is 16.0.